The van der Waals surface area contributed by atoms with Crippen LogP contribution in [0, 0.1) is 6.92 Å². The molecule has 2 rings (SSSR count). The summed E-state index contributed by atoms with van der Waals surface area (Å²) in [6.45, 7) is 15.4. The summed E-state index contributed by atoms with van der Waals surface area (Å²) >= 11 is 0. The monoisotopic (exact) mass is 307 g/mol. The molecule has 5 nitrogen and oxygen atoms in total. The fourth-order valence-corrected chi connectivity index (χ4v) is 2.21. The molecule has 0 unspecified atom stereocenters. The zero-order chi connectivity index (χ0) is 16.9. The molecule has 0 amide bonds. The second-order valence-corrected chi connectivity index (χ2v) is 7.85. The van der Waals surface area contributed by atoms with Crippen molar-refractivity contribution in [2.24, 2.45) is 0 Å². The largest absolute Gasteiger partial charge is 0.496 e. The van der Waals surface area contributed by atoms with Gasteiger partial charge in [0, 0.05) is 17.4 Å². The summed E-state index contributed by atoms with van der Waals surface area (Å²) in [4.78, 5) is 12.2. The van der Waals surface area contributed by atoms with E-state index in [0.717, 1.165) is 11.2 Å². The van der Waals surface area contributed by atoms with Gasteiger partial charge in [-0.1, -0.05) is 0 Å². The molecule has 0 N–H and O–H groups in total. The molecule has 1 saturated heterocycles. The van der Waals surface area contributed by atoms with Crippen LogP contribution in [-0.4, -0.2) is 34.6 Å². The Kier molecular flexibility index (Phi) is 3.99. The topological polar surface area (TPSA) is 49.7 Å². The third-order valence-corrected chi connectivity index (χ3v) is 4.15. The highest BCUT2D eigenvalue weighted by atomic mass is 16.7. The summed E-state index contributed by atoms with van der Waals surface area (Å²) < 4.78 is 18.9. The number of aryl methyl sites for hydroxylation is 1. The van der Waals surface area contributed by atoms with Crippen molar-refractivity contribution in [3.63, 3.8) is 0 Å². The molecule has 0 atom stereocenters. The SMILES string of the molecule is Cc1cc(B2OC(C)(C)C(C)(C)O2)cn1C(=O)OC(C)(C)C. The first-order chi connectivity index (χ1) is 9.82. The first-order valence-electron chi connectivity index (χ1n) is 7.60. The zero-order valence-corrected chi connectivity index (χ0v) is 14.8. The third-order valence-electron chi connectivity index (χ3n) is 4.15. The standard InChI is InChI=1S/C16H26BNO4/c1-11-9-12(10-18(11)13(19)20-14(2,3)4)17-21-15(5,6)16(7,8)22-17/h9-10H,1-8H3. The van der Waals surface area contributed by atoms with Gasteiger partial charge in [-0.3, -0.25) is 4.57 Å². The molecule has 0 aliphatic carbocycles. The molecule has 0 bridgehead atoms. The number of carbonyl (C=O) groups is 1. The molecule has 1 fully saturated rings. The molecule has 2 heterocycles. The van der Waals surface area contributed by atoms with Crippen LogP contribution in [0.2, 0.25) is 0 Å². The Labute approximate surface area is 133 Å². The van der Waals surface area contributed by atoms with Crippen molar-refractivity contribution in [3.8, 4) is 0 Å². The van der Waals surface area contributed by atoms with Gasteiger partial charge in [-0.15, -0.1) is 0 Å². The van der Waals surface area contributed by atoms with Crippen LogP contribution in [0.3, 0.4) is 0 Å². The first-order valence-corrected chi connectivity index (χ1v) is 7.60. The highest BCUT2D eigenvalue weighted by Gasteiger charge is 2.52. The fraction of sp³-hybridized carbons (Fsp3) is 0.688. The van der Waals surface area contributed by atoms with Gasteiger partial charge in [0.2, 0.25) is 0 Å². The number of aromatic nitrogens is 1. The van der Waals surface area contributed by atoms with E-state index in [1.165, 1.54) is 4.57 Å². The maximum Gasteiger partial charge on any atom is 0.496 e. The van der Waals surface area contributed by atoms with E-state index < -0.39 is 30.0 Å². The average molecular weight is 307 g/mol. The van der Waals surface area contributed by atoms with E-state index in [9.17, 15) is 4.79 Å². The number of hydrogen-bond acceptors (Lipinski definition) is 4. The van der Waals surface area contributed by atoms with Crippen LogP contribution in [0.5, 0.6) is 0 Å². The molecule has 22 heavy (non-hydrogen) atoms. The van der Waals surface area contributed by atoms with Crippen molar-refractivity contribution in [2.75, 3.05) is 0 Å². The van der Waals surface area contributed by atoms with Crippen LogP contribution in [0.15, 0.2) is 12.3 Å². The highest BCUT2D eigenvalue weighted by molar-refractivity contribution is 6.62. The van der Waals surface area contributed by atoms with E-state index in [1.807, 2.05) is 61.5 Å². The van der Waals surface area contributed by atoms with Gasteiger partial charge in [-0.2, -0.15) is 0 Å². The van der Waals surface area contributed by atoms with Gasteiger partial charge in [0.25, 0.3) is 0 Å². The molecule has 0 spiro atoms. The second-order valence-electron chi connectivity index (χ2n) is 7.85. The second kappa shape index (κ2) is 5.13. The lowest BCUT2D eigenvalue weighted by Crippen LogP contribution is -2.41. The van der Waals surface area contributed by atoms with E-state index in [4.69, 9.17) is 14.0 Å². The van der Waals surface area contributed by atoms with Crippen molar-refractivity contribution >= 4 is 18.7 Å². The molecule has 0 radical (unpaired) electrons. The Morgan fingerprint density at radius 2 is 1.68 bits per heavy atom. The molecule has 122 valence electrons. The maximum absolute atomic E-state index is 12.2. The lowest BCUT2D eigenvalue weighted by Gasteiger charge is -2.32. The third kappa shape index (κ3) is 3.23. The number of hydrogen-bond donors (Lipinski definition) is 0. The van der Waals surface area contributed by atoms with Crippen molar-refractivity contribution in [2.45, 2.75) is 72.2 Å². The van der Waals surface area contributed by atoms with Gasteiger partial charge in [0.15, 0.2) is 0 Å². The van der Waals surface area contributed by atoms with E-state index >= 15 is 0 Å². The molecule has 1 aliphatic rings. The van der Waals surface area contributed by atoms with Gasteiger partial charge < -0.3 is 14.0 Å². The van der Waals surface area contributed by atoms with Gasteiger partial charge in [0.05, 0.1) is 11.2 Å². The van der Waals surface area contributed by atoms with Crippen molar-refractivity contribution in [1.29, 1.82) is 0 Å². The van der Waals surface area contributed by atoms with E-state index in [-0.39, 0.29) is 0 Å². The average Bonchev–Trinajstić information content (AvgIpc) is 2.75. The normalized spacial score (nSPS) is 20.3. The van der Waals surface area contributed by atoms with Crippen LogP contribution >= 0.6 is 0 Å². The molecular weight excluding hydrogens is 281 g/mol. The minimum absolute atomic E-state index is 0.396. The van der Waals surface area contributed by atoms with E-state index in [1.54, 1.807) is 6.20 Å². The Hall–Kier alpha value is -1.27. The molecule has 6 heteroatoms. The van der Waals surface area contributed by atoms with Gasteiger partial charge >= 0.3 is 13.2 Å². The molecule has 1 aliphatic heterocycles. The fourth-order valence-electron chi connectivity index (χ4n) is 2.21. The quantitative estimate of drug-likeness (QED) is 0.749. The number of rotatable bonds is 1. The summed E-state index contributed by atoms with van der Waals surface area (Å²) in [7, 11) is -0.479. The van der Waals surface area contributed by atoms with Crippen LogP contribution in [0.4, 0.5) is 4.79 Å². The molecule has 0 aromatic carbocycles. The minimum Gasteiger partial charge on any atom is -0.443 e. The van der Waals surface area contributed by atoms with Crippen molar-refractivity contribution < 1.29 is 18.8 Å². The summed E-state index contributed by atoms with van der Waals surface area (Å²) in [5.41, 5.74) is 0.276. The number of ether oxygens (including phenoxy) is 1. The number of nitrogens with zero attached hydrogens (tertiary/aromatic N) is 1. The zero-order valence-electron chi connectivity index (χ0n) is 14.8. The van der Waals surface area contributed by atoms with Gasteiger partial charge in [0.1, 0.15) is 5.60 Å². The van der Waals surface area contributed by atoms with Crippen LogP contribution < -0.4 is 5.46 Å². The van der Waals surface area contributed by atoms with E-state index in [2.05, 4.69) is 0 Å². The van der Waals surface area contributed by atoms with Crippen molar-refractivity contribution in [1.82, 2.24) is 4.57 Å². The van der Waals surface area contributed by atoms with Crippen LogP contribution in [0.1, 0.15) is 54.2 Å². The highest BCUT2D eigenvalue weighted by Crippen LogP contribution is 2.36. The lowest BCUT2D eigenvalue weighted by molar-refractivity contribution is 0.00578. The molecular formula is C16H26BNO4. The predicted molar refractivity (Wildman–Crippen MR) is 86.5 cm³/mol. The van der Waals surface area contributed by atoms with Crippen LogP contribution in [-0.2, 0) is 14.0 Å². The first kappa shape index (κ1) is 17.1. The summed E-state index contributed by atoms with van der Waals surface area (Å²) in [6.07, 6.45) is 1.33. The van der Waals surface area contributed by atoms with Gasteiger partial charge in [-0.05, 0) is 61.5 Å². The van der Waals surface area contributed by atoms with Crippen molar-refractivity contribution in [3.05, 3.63) is 18.0 Å². The molecule has 1 aromatic heterocycles. The lowest BCUT2D eigenvalue weighted by atomic mass is 9.81. The maximum atomic E-state index is 12.2. The Morgan fingerprint density at radius 1 is 1.18 bits per heavy atom. The summed E-state index contributed by atoms with van der Waals surface area (Å²) in [6, 6.07) is 1.89. The summed E-state index contributed by atoms with van der Waals surface area (Å²) in [5, 5.41) is 0. The van der Waals surface area contributed by atoms with Gasteiger partial charge in [-0.25, -0.2) is 4.79 Å². The number of carbonyl (C=O) groups excluding carboxylic acids is 1. The summed E-state index contributed by atoms with van der Waals surface area (Å²) in [5.74, 6) is 0. The smallest absolute Gasteiger partial charge is 0.443 e. The minimum atomic E-state index is -0.529. The van der Waals surface area contributed by atoms with Crippen LogP contribution in [0.25, 0.3) is 0 Å². The van der Waals surface area contributed by atoms with E-state index in [0.29, 0.717) is 0 Å². The predicted octanol–water partition coefficient (Wildman–Crippen LogP) is 2.88. The Morgan fingerprint density at radius 3 is 2.14 bits per heavy atom. The molecule has 1 aromatic rings. The Balaban J connectivity index is 2.23. The Bertz CT molecular complexity index is 567. The molecule has 0 saturated carbocycles.